The summed E-state index contributed by atoms with van der Waals surface area (Å²) in [6.07, 6.45) is 0. The number of guanidine groups is 1. The Morgan fingerprint density at radius 2 is 1.87 bits per heavy atom. The van der Waals surface area contributed by atoms with Gasteiger partial charge >= 0.3 is 0 Å². The van der Waals surface area contributed by atoms with Crippen LogP contribution in [-0.2, 0) is 20.1 Å². The van der Waals surface area contributed by atoms with Crippen molar-refractivity contribution in [1.29, 1.82) is 0 Å². The second kappa shape index (κ2) is 11.2. The van der Waals surface area contributed by atoms with E-state index >= 15 is 0 Å². The molecule has 3 aromatic rings. The number of nitrogens with zero attached hydrogens (tertiary/aromatic N) is 4. The fraction of sp³-hybridized carbons (Fsp3) is 0.318. The van der Waals surface area contributed by atoms with E-state index in [0.717, 1.165) is 23.0 Å². The Morgan fingerprint density at radius 3 is 2.55 bits per heavy atom. The summed E-state index contributed by atoms with van der Waals surface area (Å²) < 4.78 is 12.9. The average molecular weight is 443 g/mol. The van der Waals surface area contributed by atoms with E-state index in [9.17, 15) is 0 Å². The summed E-state index contributed by atoms with van der Waals surface area (Å²) >= 11 is 6.13. The molecular formula is C22H27ClN6O2. The Hall–Kier alpha value is -3.26. The van der Waals surface area contributed by atoms with E-state index in [1.165, 1.54) is 0 Å². The SMILES string of the molecule is COc1ccc(CN=C(NCCOc2ccccc2Cl)NCc2nnc(C)n2C)cc1. The van der Waals surface area contributed by atoms with E-state index in [1.807, 2.05) is 61.0 Å². The maximum absolute atomic E-state index is 6.13. The average Bonchev–Trinajstić information content (AvgIpc) is 3.11. The lowest BCUT2D eigenvalue weighted by Gasteiger charge is -2.14. The van der Waals surface area contributed by atoms with E-state index in [1.54, 1.807) is 13.2 Å². The van der Waals surface area contributed by atoms with Gasteiger partial charge in [0, 0.05) is 7.05 Å². The standard InChI is InChI=1S/C22H27ClN6O2/c1-16-27-28-21(29(16)2)15-26-22(25-14-17-8-10-18(30-3)11-9-17)24-12-13-31-20-7-5-4-6-19(20)23/h4-11H,12-15H2,1-3H3,(H2,24,25,26). The Morgan fingerprint density at radius 1 is 1.10 bits per heavy atom. The van der Waals surface area contributed by atoms with Gasteiger partial charge in [-0.2, -0.15) is 0 Å². The van der Waals surface area contributed by atoms with Crippen LogP contribution in [-0.4, -0.2) is 41.0 Å². The van der Waals surface area contributed by atoms with Crippen LogP contribution in [0.1, 0.15) is 17.2 Å². The van der Waals surface area contributed by atoms with Gasteiger partial charge in [-0.05, 0) is 36.8 Å². The van der Waals surface area contributed by atoms with Crippen LogP contribution in [0.5, 0.6) is 11.5 Å². The van der Waals surface area contributed by atoms with Crippen LogP contribution in [0.15, 0.2) is 53.5 Å². The van der Waals surface area contributed by atoms with Gasteiger partial charge in [0.15, 0.2) is 11.8 Å². The van der Waals surface area contributed by atoms with Crippen molar-refractivity contribution < 1.29 is 9.47 Å². The van der Waals surface area contributed by atoms with Gasteiger partial charge in [0.25, 0.3) is 0 Å². The molecule has 0 saturated heterocycles. The molecule has 1 heterocycles. The molecule has 9 heteroatoms. The van der Waals surface area contributed by atoms with Crippen LogP contribution in [0.25, 0.3) is 0 Å². The Kier molecular flexibility index (Phi) is 8.12. The van der Waals surface area contributed by atoms with Crippen molar-refractivity contribution in [2.75, 3.05) is 20.3 Å². The van der Waals surface area contributed by atoms with Gasteiger partial charge in [0.1, 0.15) is 23.9 Å². The highest BCUT2D eigenvalue weighted by Gasteiger charge is 2.07. The molecule has 3 rings (SSSR count). The van der Waals surface area contributed by atoms with Gasteiger partial charge in [-0.25, -0.2) is 4.99 Å². The minimum atomic E-state index is 0.441. The van der Waals surface area contributed by atoms with Crippen LogP contribution in [0.3, 0.4) is 0 Å². The van der Waals surface area contributed by atoms with Gasteiger partial charge in [-0.3, -0.25) is 0 Å². The van der Waals surface area contributed by atoms with Crippen molar-refractivity contribution >= 4 is 17.6 Å². The first-order valence-electron chi connectivity index (χ1n) is 9.94. The predicted octanol–water partition coefficient (Wildman–Crippen LogP) is 3.10. The largest absolute Gasteiger partial charge is 0.497 e. The summed E-state index contributed by atoms with van der Waals surface area (Å²) in [7, 11) is 3.59. The van der Waals surface area contributed by atoms with Gasteiger partial charge < -0.3 is 24.7 Å². The minimum absolute atomic E-state index is 0.441. The molecule has 0 aliphatic heterocycles. The van der Waals surface area contributed by atoms with Gasteiger partial charge in [-0.15, -0.1) is 10.2 Å². The van der Waals surface area contributed by atoms with E-state index < -0.39 is 0 Å². The number of halogens is 1. The molecule has 2 aromatic carbocycles. The zero-order valence-electron chi connectivity index (χ0n) is 17.9. The van der Waals surface area contributed by atoms with E-state index in [-0.39, 0.29) is 0 Å². The molecule has 0 spiro atoms. The highest BCUT2D eigenvalue weighted by atomic mass is 35.5. The monoisotopic (exact) mass is 442 g/mol. The van der Waals surface area contributed by atoms with E-state index in [4.69, 9.17) is 21.1 Å². The van der Waals surface area contributed by atoms with Crippen LogP contribution in [0.4, 0.5) is 0 Å². The molecule has 0 aliphatic carbocycles. The fourth-order valence-corrected chi connectivity index (χ4v) is 2.93. The molecule has 8 nitrogen and oxygen atoms in total. The number of hydrogen-bond acceptors (Lipinski definition) is 5. The number of nitrogens with one attached hydrogen (secondary N) is 2. The number of benzene rings is 2. The third-order valence-corrected chi connectivity index (χ3v) is 4.98. The quantitative estimate of drug-likeness (QED) is 0.301. The molecule has 0 radical (unpaired) electrons. The maximum atomic E-state index is 6.13. The molecule has 164 valence electrons. The van der Waals surface area contributed by atoms with E-state index in [2.05, 4.69) is 25.8 Å². The van der Waals surface area contributed by atoms with E-state index in [0.29, 0.717) is 43.0 Å². The number of rotatable bonds is 9. The summed E-state index contributed by atoms with van der Waals surface area (Å²) in [5.74, 6) is 3.81. The van der Waals surface area contributed by atoms with Gasteiger partial charge in [0.05, 0.1) is 31.8 Å². The van der Waals surface area contributed by atoms with Crippen molar-refractivity contribution in [2.45, 2.75) is 20.0 Å². The molecule has 31 heavy (non-hydrogen) atoms. The number of methoxy groups -OCH3 is 1. The van der Waals surface area contributed by atoms with Crippen molar-refractivity contribution in [2.24, 2.45) is 12.0 Å². The summed E-state index contributed by atoms with van der Waals surface area (Å²) in [6, 6.07) is 15.2. The summed E-state index contributed by atoms with van der Waals surface area (Å²) in [6.45, 7) is 3.92. The van der Waals surface area contributed by atoms with Crippen molar-refractivity contribution in [3.05, 3.63) is 70.8 Å². The predicted molar refractivity (Wildman–Crippen MR) is 122 cm³/mol. The highest BCUT2D eigenvalue weighted by Crippen LogP contribution is 2.22. The van der Waals surface area contributed by atoms with Crippen molar-refractivity contribution in [3.8, 4) is 11.5 Å². The number of ether oxygens (including phenoxy) is 2. The molecule has 0 bridgehead atoms. The molecule has 0 saturated carbocycles. The Balaban J connectivity index is 1.59. The molecule has 1 aromatic heterocycles. The zero-order chi connectivity index (χ0) is 22.1. The first kappa shape index (κ1) is 22.4. The summed E-state index contributed by atoms with van der Waals surface area (Å²) in [5.41, 5.74) is 1.07. The Labute approximate surface area is 187 Å². The molecule has 0 unspecified atom stereocenters. The van der Waals surface area contributed by atoms with Crippen LogP contribution in [0, 0.1) is 6.92 Å². The normalized spacial score (nSPS) is 11.3. The molecule has 0 fully saturated rings. The number of aryl methyl sites for hydroxylation is 1. The van der Waals surface area contributed by atoms with Gasteiger partial charge in [-0.1, -0.05) is 35.9 Å². The second-order valence-electron chi connectivity index (χ2n) is 6.79. The molecule has 0 atom stereocenters. The highest BCUT2D eigenvalue weighted by molar-refractivity contribution is 6.32. The summed E-state index contributed by atoms with van der Waals surface area (Å²) in [5, 5.41) is 15.5. The minimum Gasteiger partial charge on any atom is -0.497 e. The number of aliphatic imine (C=N–C) groups is 1. The first-order valence-corrected chi connectivity index (χ1v) is 10.3. The van der Waals surface area contributed by atoms with Crippen LogP contribution >= 0.6 is 11.6 Å². The number of hydrogen-bond donors (Lipinski definition) is 2. The molecule has 0 amide bonds. The van der Waals surface area contributed by atoms with Gasteiger partial charge in [0.2, 0.25) is 0 Å². The molecular weight excluding hydrogens is 416 g/mol. The lowest BCUT2D eigenvalue weighted by Crippen LogP contribution is -2.39. The smallest absolute Gasteiger partial charge is 0.192 e. The number of para-hydroxylation sites is 1. The Bertz CT molecular complexity index is 1000. The lowest BCUT2D eigenvalue weighted by molar-refractivity contribution is 0.322. The van der Waals surface area contributed by atoms with Crippen LogP contribution < -0.4 is 20.1 Å². The fourth-order valence-electron chi connectivity index (χ4n) is 2.74. The number of aromatic nitrogens is 3. The third-order valence-electron chi connectivity index (χ3n) is 4.66. The molecule has 2 N–H and O–H groups in total. The first-order chi connectivity index (χ1) is 15.1. The van der Waals surface area contributed by atoms with Crippen LogP contribution in [0.2, 0.25) is 5.02 Å². The second-order valence-corrected chi connectivity index (χ2v) is 7.20. The van der Waals surface area contributed by atoms with Crippen molar-refractivity contribution in [1.82, 2.24) is 25.4 Å². The third kappa shape index (κ3) is 6.62. The molecule has 0 aliphatic rings. The zero-order valence-corrected chi connectivity index (χ0v) is 18.7. The van der Waals surface area contributed by atoms with Crippen molar-refractivity contribution in [3.63, 3.8) is 0 Å². The lowest BCUT2D eigenvalue weighted by atomic mass is 10.2. The topological polar surface area (TPSA) is 85.6 Å². The summed E-state index contributed by atoms with van der Waals surface area (Å²) in [4.78, 5) is 4.68. The maximum Gasteiger partial charge on any atom is 0.192 e.